The molecule has 0 saturated carbocycles. The highest BCUT2D eigenvalue weighted by Gasteiger charge is 2.34. The number of carbonyl (C=O) groups excluding carboxylic acids is 2. The van der Waals surface area contributed by atoms with Gasteiger partial charge in [0.25, 0.3) is 6.47 Å². The van der Waals surface area contributed by atoms with Crippen LogP contribution in [0.25, 0.3) is 0 Å². The summed E-state index contributed by atoms with van der Waals surface area (Å²) < 4.78 is 0. The lowest BCUT2D eigenvalue weighted by molar-refractivity contribution is -0.136. The largest absolute Gasteiger partial charge is 0.483 e. The van der Waals surface area contributed by atoms with Gasteiger partial charge < -0.3 is 25.3 Å². The second-order valence-electron chi connectivity index (χ2n) is 6.25. The summed E-state index contributed by atoms with van der Waals surface area (Å²) in [5, 5.41) is 20.0. The van der Waals surface area contributed by atoms with Crippen LogP contribution in [0.3, 0.4) is 0 Å². The molecule has 1 unspecified atom stereocenters. The summed E-state index contributed by atoms with van der Waals surface area (Å²) in [6.45, 7) is 4.80. The van der Waals surface area contributed by atoms with Crippen LogP contribution in [0.5, 0.6) is 0 Å². The second kappa shape index (κ2) is 10.2. The molecule has 0 aliphatic carbocycles. The predicted molar refractivity (Wildman–Crippen MR) is 85.9 cm³/mol. The highest BCUT2D eigenvalue weighted by molar-refractivity contribution is 5.78. The van der Waals surface area contributed by atoms with E-state index in [1.54, 1.807) is 4.90 Å². The minimum absolute atomic E-state index is 0.0400. The molecule has 1 saturated heterocycles. The molecule has 3 N–H and O–H groups in total. The third-order valence-electron chi connectivity index (χ3n) is 3.59. The molecule has 0 radical (unpaired) electrons. The van der Waals surface area contributed by atoms with Gasteiger partial charge in [-0.05, 0) is 33.9 Å². The normalized spacial score (nSPS) is 17.7. The molecule has 134 valence electrons. The summed E-state index contributed by atoms with van der Waals surface area (Å²) in [4.78, 5) is 35.1. The Bertz CT molecular complexity index is 393. The predicted octanol–water partition coefficient (Wildman–Crippen LogP) is -0.483. The molecule has 0 aromatic heterocycles. The zero-order valence-electron chi connectivity index (χ0n) is 14.4. The van der Waals surface area contributed by atoms with Crippen molar-refractivity contribution in [3.63, 3.8) is 0 Å². The number of carbonyl (C=O) groups is 3. The molecule has 0 aromatic carbocycles. The molecule has 1 fully saturated rings. The van der Waals surface area contributed by atoms with E-state index < -0.39 is 5.60 Å². The van der Waals surface area contributed by atoms with E-state index in [0.29, 0.717) is 38.9 Å². The van der Waals surface area contributed by atoms with Gasteiger partial charge in [0, 0.05) is 39.0 Å². The molecule has 8 nitrogen and oxygen atoms in total. The first-order valence-corrected chi connectivity index (χ1v) is 7.63. The van der Waals surface area contributed by atoms with Crippen molar-refractivity contribution in [2.45, 2.75) is 44.8 Å². The van der Waals surface area contributed by atoms with Crippen LogP contribution in [0.1, 0.15) is 33.1 Å². The molecule has 1 aliphatic heterocycles. The number of amides is 2. The van der Waals surface area contributed by atoms with Crippen LogP contribution in [-0.2, 0) is 14.4 Å². The number of aliphatic hydroxyl groups is 1. The number of rotatable bonds is 5. The van der Waals surface area contributed by atoms with E-state index in [0.717, 1.165) is 0 Å². The Kier molecular flexibility index (Phi) is 9.43. The summed E-state index contributed by atoms with van der Waals surface area (Å²) >= 11 is 0. The van der Waals surface area contributed by atoms with Crippen molar-refractivity contribution in [1.82, 2.24) is 15.1 Å². The number of likely N-dealkylation sites (N-methyl/N-ethyl adjacent to an activating group) is 1. The lowest BCUT2D eigenvalue weighted by Gasteiger charge is -2.39. The number of piperidine rings is 1. The average Bonchev–Trinajstić information content (AvgIpc) is 2.37. The minimum atomic E-state index is -0.691. The van der Waals surface area contributed by atoms with Crippen LogP contribution < -0.4 is 5.32 Å². The minimum Gasteiger partial charge on any atom is -0.483 e. The summed E-state index contributed by atoms with van der Waals surface area (Å²) in [5.41, 5.74) is -0.691. The number of likely N-dealkylation sites (tertiary alicyclic amines) is 1. The lowest BCUT2D eigenvalue weighted by Crippen LogP contribution is -2.51. The van der Waals surface area contributed by atoms with E-state index in [1.807, 2.05) is 25.9 Å². The van der Waals surface area contributed by atoms with E-state index in [-0.39, 0.29) is 24.3 Å². The molecule has 1 rings (SSSR count). The molecule has 2 amide bonds. The molecule has 1 aliphatic rings. The van der Waals surface area contributed by atoms with Gasteiger partial charge in [-0.1, -0.05) is 0 Å². The van der Waals surface area contributed by atoms with Gasteiger partial charge in [-0.3, -0.25) is 14.4 Å². The van der Waals surface area contributed by atoms with Crippen LogP contribution >= 0.6 is 0 Å². The Morgan fingerprint density at radius 2 is 1.83 bits per heavy atom. The molecule has 0 spiro atoms. The van der Waals surface area contributed by atoms with E-state index in [1.165, 1.54) is 6.92 Å². The number of nitrogens with zero attached hydrogens (tertiary/aromatic N) is 2. The van der Waals surface area contributed by atoms with Crippen LogP contribution in [-0.4, -0.2) is 83.7 Å². The lowest BCUT2D eigenvalue weighted by atomic mass is 9.90. The maximum atomic E-state index is 12.1. The Morgan fingerprint density at radius 1 is 1.35 bits per heavy atom. The number of hydrogen-bond acceptors (Lipinski definition) is 5. The van der Waals surface area contributed by atoms with Gasteiger partial charge in [-0.15, -0.1) is 0 Å². The van der Waals surface area contributed by atoms with Gasteiger partial charge in [0.15, 0.2) is 0 Å². The fourth-order valence-corrected chi connectivity index (χ4v) is 2.71. The zero-order valence-corrected chi connectivity index (χ0v) is 14.4. The summed E-state index contributed by atoms with van der Waals surface area (Å²) in [5.74, 6) is -0.0811. The Balaban J connectivity index is 0.00000149. The first-order valence-electron chi connectivity index (χ1n) is 7.63. The van der Waals surface area contributed by atoms with E-state index >= 15 is 0 Å². The van der Waals surface area contributed by atoms with Crippen LogP contribution in [0, 0.1) is 0 Å². The van der Waals surface area contributed by atoms with Gasteiger partial charge in [0.1, 0.15) is 0 Å². The van der Waals surface area contributed by atoms with Gasteiger partial charge in [0.2, 0.25) is 11.8 Å². The van der Waals surface area contributed by atoms with E-state index in [9.17, 15) is 14.7 Å². The molecule has 1 atom stereocenters. The summed E-state index contributed by atoms with van der Waals surface area (Å²) in [6, 6.07) is -0.150. The van der Waals surface area contributed by atoms with Crippen LogP contribution in [0.2, 0.25) is 0 Å². The smallest absolute Gasteiger partial charge is 0.290 e. The molecular weight excluding hydrogens is 302 g/mol. The molecule has 0 aromatic rings. The zero-order chi connectivity index (χ0) is 18.0. The highest BCUT2D eigenvalue weighted by Crippen LogP contribution is 2.23. The standard InChI is InChI=1S/C14H27N3O3.CH2O2/c1-11(15-12(2)18)9-13(19)17-7-5-14(20,6-8-17)10-16(3)4;2-1-3/h11,20H,5-10H2,1-4H3,(H,15,18);1H,(H,2,3). The van der Waals surface area contributed by atoms with Crippen molar-refractivity contribution in [3.05, 3.63) is 0 Å². The van der Waals surface area contributed by atoms with Crippen molar-refractivity contribution in [2.75, 3.05) is 33.7 Å². The fourth-order valence-electron chi connectivity index (χ4n) is 2.71. The van der Waals surface area contributed by atoms with Crippen molar-refractivity contribution >= 4 is 18.3 Å². The molecule has 0 bridgehead atoms. The van der Waals surface area contributed by atoms with Crippen molar-refractivity contribution in [3.8, 4) is 0 Å². The van der Waals surface area contributed by atoms with Crippen molar-refractivity contribution < 1.29 is 24.6 Å². The molecule has 1 heterocycles. The fraction of sp³-hybridized carbons (Fsp3) is 0.800. The molecule has 23 heavy (non-hydrogen) atoms. The summed E-state index contributed by atoms with van der Waals surface area (Å²) in [7, 11) is 3.87. The van der Waals surface area contributed by atoms with Crippen molar-refractivity contribution in [1.29, 1.82) is 0 Å². The second-order valence-corrected chi connectivity index (χ2v) is 6.25. The van der Waals surface area contributed by atoms with Crippen LogP contribution in [0.15, 0.2) is 0 Å². The van der Waals surface area contributed by atoms with E-state index in [2.05, 4.69) is 5.32 Å². The Morgan fingerprint density at radius 3 is 2.22 bits per heavy atom. The quantitative estimate of drug-likeness (QED) is 0.587. The number of hydrogen-bond donors (Lipinski definition) is 3. The third-order valence-corrected chi connectivity index (χ3v) is 3.59. The van der Waals surface area contributed by atoms with E-state index in [4.69, 9.17) is 9.90 Å². The molecule has 8 heteroatoms. The first-order chi connectivity index (χ1) is 10.6. The number of nitrogens with one attached hydrogen (secondary N) is 1. The van der Waals surface area contributed by atoms with Crippen molar-refractivity contribution in [2.24, 2.45) is 0 Å². The molecular formula is C15H29N3O5. The first kappa shape index (κ1) is 21.3. The van der Waals surface area contributed by atoms with Gasteiger partial charge >= 0.3 is 0 Å². The number of carboxylic acid groups (broad SMARTS) is 1. The summed E-state index contributed by atoms with van der Waals surface area (Å²) in [6.07, 6.45) is 1.52. The van der Waals surface area contributed by atoms with Gasteiger partial charge in [0.05, 0.1) is 5.60 Å². The Hall–Kier alpha value is -1.67. The average molecular weight is 331 g/mol. The highest BCUT2D eigenvalue weighted by atomic mass is 16.3. The van der Waals surface area contributed by atoms with Crippen LogP contribution in [0.4, 0.5) is 0 Å². The maximum absolute atomic E-state index is 12.1. The van der Waals surface area contributed by atoms with Gasteiger partial charge in [-0.2, -0.15) is 0 Å². The third kappa shape index (κ3) is 9.14. The topological polar surface area (TPSA) is 110 Å². The Labute approximate surface area is 137 Å². The monoisotopic (exact) mass is 331 g/mol. The maximum Gasteiger partial charge on any atom is 0.290 e. The van der Waals surface area contributed by atoms with Gasteiger partial charge in [-0.25, -0.2) is 0 Å². The SMILES string of the molecule is CC(=O)NC(C)CC(=O)N1CCC(O)(CN(C)C)CC1.O=CO.